The van der Waals surface area contributed by atoms with E-state index in [1.165, 1.54) is 7.11 Å². The van der Waals surface area contributed by atoms with Crippen LogP contribution in [0.3, 0.4) is 0 Å². The summed E-state index contributed by atoms with van der Waals surface area (Å²) in [7, 11) is 1.25. The van der Waals surface area contributed by atoms with Gasteiger partial charge in [0.2, 0.25) is 5.91 Å². The Labute approximate surface area is 160 Å². The number of aliphatic carboxylic acids is 1. The van der Waals surface area contributed by atoms with Crippen molar-refractivity contribution in [3.05, 3.63) is 35.9 Å². The zero-order chi connectivity index (χ0) is 20.4. The van der Waals surface area contributed by atoms with Crippen molar-refractivity contribution in [1.29, 1.82) is 0 Å². The predicted octanol–water partition coefficient (Wildman–Crippen LogP) is 1.76. The smallest absolute Gasteiger partial charge is 0.328 e. The van der Waals surface area contributed by atoms with Gasteiger partial charge in [-0.3, -0.25) is 9.59 Å². The number of hydrogen-bond donors (Lipinski definition) is 3. The minimum atomic E-state index is -1.10. The third-order valence-electron chi connectivity index (χ3n) is 4.06. The molecule has 0 aliphatic heterocycles. The quantitative estimate of drug-likeness (QED) is 0.536. The van der Waals surface area contributed by atoms with Crippen molar-refractivity contribution < 1.29 is 24.2 Å². The maximum Gasteiger partial charge on any atom is 0.328 e. The van der Waals surface area contributed by atoms with Gasteiger partial charge in [0.15, 0.2) is 0 Å². The van der Waals surface area contributed by atoms with E-state index in [-0.39, 0.29) is 18.3 Å². The molecule has 1 rings (SSSR count). The van der Waals surface area contributed by atoms with Crippen molar-refractivity contribution in [2.24, 2.45) is 5.41 Å². The number of rotatable bonds is 10. The Hall–Kier alpha value is -2.41. The van der Waals surface area contributed by atoms with Gasteiger partial charge < -0.3 is 20.5 Å². The van der Waals surface area contributed by atoms with E-state index < -0.39 is 29.9 Å². The molecule has 3 N–H and O–H groups in total. The normalized spacial score (nSPS) is 13.5. The van der Waals surface area contributed by atoms with Gasteiger partial charge in [0.25, 0.3) is 0 Å². The van der Waals surface area contributed by atoms with Crippen LogP contribution in [-0.2, 0) is 25.5 Å². The molecule has 0 aliphatic rings. The molecule has 0 aromatic heterocycles. The predicted molar refractivity (Wildman–Crippen MR) is 102 cm³/mol. The van der Waals surface area contributed by atoms with E-state index in [2.05, 4.69) is 31.4 Å². The molecule has 2 unspecified atom stereocenters. The molecule has 7 nitrogen and oxygen atoms in total. The molecular formula is C20H30N2O5. The number of methoxy groups -OCH3 is 1. The van der Waals surface area contributed by atoms with Gasteiger partial charge in [-0.25, -0.2) is 4.79 Å². The highest BCUT2D eigenvalue weighted by molar-refractivity contribution is 5.88. The van der Waals surface area contributed by atoms with E-state index in [1.807, 2.05) is 30.3 Å². The SMILES string of the molecule is COC(=O)C(Cc1ccccc1)NC(=O)CC(NCCC(C)(C)C)C(=O)O. The van der Waals surface area contributed by atoms with Crippen LogP contribution in [0.1, 0.15) is 39.2 Å². The van der Waals surface area contributed by atoms with Crippen LogP contribution >= 0.6 is 0 Å². The number of nitrogens with one attached hydrogen (secondary N) is 2. The Kier molecular flexibility index (Phi) is 8.94. The number of carboxylic acids is 1. The van der Waals surface area contributed by atoms with E-state index in [1.54, 1.807) is 0 Å². The van der Waals surface area contributed by atoms with E-state index in [4.69, 9.17) is 4.74 Å². The standard InChI is InChI=1S/C20H30N2O5/c1-20(2,3)10-11-21-15(18(24)25)13-17(23)22-16(19(26)27-4)12-14-8-6-5-7-9-14/h5-9,15-16,21H,10-13H2,1-4H3,(H,22,23)(H,24,25). The molecule has 0 fully saturated rings. The molecule has 0 aliphatic carbocycles. The number of esters is 1. The molecule has 0 saturated carbocycles. The number of ether oxygens (including phenoxy) is 1. The summed E-state index contributed by atoms with van der Waals surface area (Å²) in [6.45, 7) is 6.66. The maximum absolute atomic E-state index is 12.3. The largest absolute Gasteiger partial charge is 0.480 e. The number of carbonyl (C=O) groups excluding carboxylic acids is 2. The molecule has 1 aromatic rings. The van der Waals surface area contributed by atoms with E-state index in [0.717, 1.165) is 12.0 Å². The van der Waals surface area contributed by atoms with Crippen LogP contribution in [0.5, 0.6) is 0 Å². The van der Waals surface area contributed by atoms with Crippen LogP contribution in [0.15, 0.2) is 30.3 Å². The van der Waals surface area contributed by atoms with Gasteiger partial charge in [-0.1, -0.05) is 51.1 Å². The first-order chi connectivity index (χ1) is 12.6. The van der Waals surface area contributed by atoms with Crippen LogP contribution in [0.25, 0.3) is 0 Å². The number of hydrogen-bond acceptors (Lipinski definition) is 5. The fourth-order valence-electron chi connectivity index (χ4n) is 2.49. The number of carboxylic acid groups (broad SMARTS) is 1. The average molecular weight is 378 g/mol. The van der Waals surface area contributed by atoms with Crippen molar-refractivity contribution in [2.45, 2.75) is 52.1 Å². The summed E-state index contributed by atoms with van der Waals surface area (Å²) in [5, 5.41) is 14.8. The fraction of sp³-hybridized carbons (Fsp3) is 0.550. The van der Waals surface area contributed by atoms with Gasteiger partial charge in [-0.2, -0.15) is 0 Å². The van der Waals surface area contributed by atoms with Crippen LogP contribution < -0.4 is 10.6 Å². The molecule has 1 amide bonds. The first-order valence-electron chi connectivity index (χ1n) is 8.99. The van der Waals surface area contributed by atoms with Crippen LogP contribution in [0, 0.1) is 5.41 Å². The third kappa shape index (κ3) is 9.19. The Balaban J connectivity index is 2.66. The van der Waals surface area contributed by atoms with Crippen LogP contribution in [-0.4, -0.2) is 48.7 Å². The van der Waals surface area contributed by atoms with Gasteiger partial charge in [0, 0.05) is 6.42 Å². The highest BCUT2D eigenvalue weighted by Gasteiger charge is 2.26. The lowest BCUT2D eigenvalue weighted by atomic mass is 9.92. The van der Waals surface area contributed by atoms with Crippen molar-refractivity contribution in [3.8, 4) is 0 Å². The molecular weight excluding hydrogens is 348 g/mol. The molecule has 0 heterocycles. The van der Waals surface area contributed by atoms with Crippen molar-refractivity contribution in [2.75, 3.05) is 13.7 Å². The average Bonchev–Trinajstić information content (AvgIpc) is 2.59. The minimum absolute atomic E-state index is 0.0595. The first-order valence-corrected chi connectivity index (χ1v) is 8.99. The molecule has 0 saturated heterocycles. The summed E-state index contributed by atoms with van der Waals surface area (Å²) in [5.41, 5.74) is 0.926. The van der Waals surface area contributed by atoms with Crippen molar-refractivity contribution in [1.82, 2.24) is 10.6 Å². The van der Waals surface area contributed by atoms with Crippen molar-refractivity contribution >= 4 is 17.8 Å². The Bertz CT molecular complexity index is 625. The summed E-state index contributed by atoms with van der Waals surface area (Å²) in [6, 6.07) is 7.34. The van der Waals surface area contributed by atoms with Gasteiger partial charge in [-0.15, -0.1) is 0 Å². The third-order valence-corrected chi connectivity index (χ3v) is 4.06. The second-order valence-electron chi connectivity index (χ2n) is 7.69. The van der Waals surface area contributed by atoms with Gasteiger partial charge in [0.05, 0.1) is 13.5 Å². The second-order valence-corrected chi connectivity index (χ2v) is 7.69. The summed E-state index contributed by atoms with van der Waals surface area (Å²) in [5.74, 6) is -2.19. The summed E-state index contributed by atoms with van der Waals surface area (Å²) in [4.78, 5) is 35.7. The number of carbonyl (C=O) groups is 3. The molecule has 7 heteroatoms. The van der Waals surface area contributed by atoms with Gasteiger partial charge in [0.1, 0.15) is 12.1 Å². The maximum atomic E-state index is 12.3. The van der Waals surface area contributed by atoms with E-state index in [9.17, 15) is 19.5 Å². The van der Waals surface area contributed by atoms with E-state index in [0.29, 0.717) is 6.54 Å². The number of benzene rings is 1. The lowest BCUT2D eigenvalue weighted by molar-refractivity contribution is -0.145. The molecule has 0 radical (unpaired) electrons. The zero-order valence-corrected chi connectivity index (χ0v) is 16.5. The molecule has 27 heavy (non-hydrogen) atoms. The van der Waals surface area contributed by atoms with Gasteiger partial charge >= 0.3 is 11.9 Å². The molecule has 150 valence electrons. The van der Waals surface area contributed by atoms with E-state index >= 15 is 0 Å². The Morgan fingerprint density at radius 3 is 2.26 bits per heavy atom. The molecule has 0 spiro atoms. The molecule has 2 atom stereocenters. The summed E-state index contributed by atoms with van der Waals surface area (Å²) in [6.07, 6.45) is 0.785. The number of amides is 1. The molecule has 1 aromatic carbocycles. The lowest BCUT2D eigenvalue weighted by Crippen LogP contribution is -2.47. The Morgan fingerprint density at radius 1 is 1.11 bits per heavy atom. The zero-order valence-electron chi connectivity index (χ0n) is 16.5. The van der Waals surface area contributed by atoms with Crippen LogP contribution in [0.2, 0.25) is 0 Å². The van der Waals surface area contributed by atoms with Crippen molar-refractivity contribution in [3.63, 3.8) is 0 Å². The fourth-order valence-corrected chi connectivity index (χ4v) is 2.49. The topological polar surface area (TPSA) is 105 Å². The monoisotopic (exact) mass is 378 g/mol. The summed E-state index contributed by atoms with van der Waals surface area (Å²) < 4.78 is 4.75. The van der Waals surface area contributed by atoms with Gasteiger partial charge in [-0.05, 0) is 23.9 Å². The first kappa shape index (κ1) is 22.6. The lowest BCUT2D eigenvalue weighted by Gasteiger charge is -2.21. The highest BCUT2D eigenvalue weighted by Crippen LogP contribution is 2.17. The highest BCUT2D eigenvalue weighted by atomic mass is 16.5. The minimum Gasteiger partial charge on any atom is -0.480 e. The Morgan fingerprint density at radius 2 is 1.74 bits per heavy atom. The second kappa shape index (κ2) is 10.7. The van der Waals surface area contributed by atoms with Crippen LogP contribution in [0.4, 0.5) is 0 Å². The summed E-state index contributed by atoms with van der Waals surface area (Å²) >= 11 is 0. The molecule has 0 bridgehead atoms.